The summed E-state index contributed by atoms with van der Waals surface area (Å²) in [6, 6.07) is 1.60. The largest absolute Gasteiger partial charge is 0.346 e. The van der Waals surface area contributed by atoms with E-state index in [0.29, 0.717) is 5.82 Å². The van der Waals surface area contributed by atoms with Gasteiger partial charge in [-0.05, 0) is 13.0 Å². The average molecular weight is 207 g/mol. The minimum absolute atomic E-state index is 0.00227. The average Bonchev–Trinajstić information content (AvgIpc) is 2.17. The first-order chi connectivity index (χ1) is 6.91. The van der Waals surface area contributed by atoms with Crippen LogP contribution in [0.3, 0.4) is 0 Å². The molecule has 0 saturated heterocycles. The molecule has 0 aliphatic carbocycles. The molecule has 4 nitrogen and oxygen atoms in total. The van der Waals surface area contributed by atoms with Gasteiger partial charge in [0, 0.05) is 17.8 Å². The van der Waals surface area contributed by atoms with Gasteiger partial charge in [0.05, 0.1) is 6.04 Å². The Labute approximate surface area is 90.1 Å². The zero-order valence-corrected chi connectivity index (χ0v) is 9.61. The van der Waals surface area contributed by atoms with Crippen LogP contribution in [0.1, 0.15) is 39.6 Å². The quantitative estimate of drug-likeness (QED) is 0.803. The molecule has 1 amide bonds. The van der Waals surface area contributed by atoms with Crippen molar-refractivity contribution in [1.82, 2.24) is 15.3 Å². The van der Waals surface area contributed by atoms with Crippen LogP contribution in [0.25, 0.3) is 0 Å². The van der Waals surface area contributed by atoms with Gasteiger partial charge in [-0.3, -0.25) is 4.79 Å². The van der Waals surface area contributed by atoms with Crippen LogP contribution >= 0.6 is 0 Å². The molecule has 82 valence electrons. The monoisotopic (exact) mass is 207 g/mol. The zero-order chi connectivity index (χ0) is 11.5. The summed E-state index contributed by atoms with van der Waals surface area (Å²) < 4.78 is 0. The van der Waals surface area contributed by atoms with Crippen molar-refractivity contribution in [2.24, 2.45) is 5.41 Å². The number of rotatable bonds is 2. The van der Waals surface area contributed by atoms with E-state index < -0.39 is 0 Å². The number of hydrogen-bond donors (Lipinski definition) is 1. The first-order valence-electron chi connectivity index (χ1n) is 4.99. The van der Waals surface area contributed by atoms with Gasteiger partial charge in [-0.15, -0.1) is 0 Å². The Morgan fingerprint density at radius 3 is 2.33 bits per heavy atom. The third kappa shape index (κ3) is 3.31. The van der Waals surface area contributed by atoms with Crippen molar-refractivity contribution in [2.45, 2.75) is 33.7 Å². The molecule has 1 N–H and O–H groups in total. The molecule has 0 fully saturated rings. The summed E-state index contributed by atoms with van der Waals surface area (Å²) in [5.41, 5.74) is -0.386. The fourth-order valence-corrected chi connectivity index (χ4v) is 1.01. The van der Waals surface area contributed by atoms with E-state index in [0.717, 1.165) is 0 Å². The Hall–Kier alpha value is -1.45. The molecular weight excluding hydrogens is 190 g/mol. The van der Waals surface area contributed by atoms with E-state index in [1.807, 2.05) is 27.7 Å². The summed E-state index contributed by atoms with van der Waals surface area (Å²) in [6.45, 7) is 7.50. The maximum Gasteiger partial charge on any atom is 0.225 e. The molecule has 1 aromatic heterocycles. The van der Waals surface area contributed by atoms with Crippen molar-refractivity contribution in [1.29, 1.82) is 0 Å². The van der Waals surface area contributed by atoms with Crippen LogP contribution in [0.5, 0.6) is 0 Å². The molecule has 1 rings (SSSR count). The first kappa shape index (κ1) is 11.6. The van der Waals surface area contributed by atoms with Gasteiger partial charge in [0.15, 0.2) is 0 Å². The van der Waals surface area contributed by atoms with Gasteiger partial charge in [0.1, 0.15) is 5.82 Å². The van der Waals surface area contributed by atoms with Crippen molar-refractivity contribution in [2.75, 3.05) is 0 Å². The van der Waals surface area contributed by atoms with Gasteiger partial charge in [0.25, 0.3) is 0 Å². The lowest BCUT2D eigenvalue weighted by atomic mass is 9.95. The summed E-state index contributed by atoms with van der Waals surface area (Å²) in [7, 11) is 0. The van der Waals surface area contributed by atoms with Gasteiger partial charge < -0.3 is 5.32 Å². The minimum atomic E-state index is -0.386. The van der Waals surface area contributed by atoms with Gasteiger partial charge >= 0.3 is 0 Å². The molecule has 4 heteroatoms. The van der Waals surface area contributed by atoms with Gasteiger partial charge in [-0.1, -0.05) is 20.8 Å². The fourth-order valence-electron chi connectivity index (χ4n) is 1.01. The van der Waals surface area contributed by atoms with Crippen molar-refractivity contribution in [3.05, 3.63) is 24.3 Å². The second-order valence-corrected chi connectivity index (χ2v) is 4.55. The third-order valence-corrected chi connectivity index (χ3v) is 2.00. The highest BCUT2D eigenvalue weighted by Crippen LogP contribution is 2.15. The topological polar surface area (TPSA) is 54.9 Å². The number of nitrogens with zero attached hydrogens (tertiary/aromatic N) is 2. The van der Waals surface area contributed by atoms with E-state index in [1.165, 1.54) is 0 Å². The molecule has 1 aromatic rings. The van der Waals surface area contributed by atoms with E-state index in [2.05, 4.69) is 15.3 Å². The minimum Gasteiger partial charge on any atom is -0.346 e. The summed E-state index contributed by atoms with van der Waals surface area (Å²) in [5, 5.41) is 2.87. The summed E-state index contributed by atoms with van der Waals surface area (Å²) in [5.74, 6) is 0.637. The molecule has 0 aliphatic heterocycles. The van der Waals surface area contributed by atoms with Crippen molar-refractivity contribution < 1.29 is 4.79 Å². The normalized spacial score (nSPS) is 13.3. The van der Waals surface area contributed by atoms with Gasteiger partial charge in [-0.25, -0.2) is 9.97 Å². The Balaban J connectivity index is 2.65. The van der Waals surface area contributed by atoms with Crippen molar-refractivity contribution in [3.8, 4) is 0 Å². The van der Waals surface area contributed by atoms with Crippen LogP contribution in [0, 0.1) is 5.41 Å². The summed E-state index contributed by atoms with van der Waals surface area (Å²) in [4.78, 5) is 19.9. The fraction of sp³-hybridized carbons (Fsp3) is 0.545. The second kappa shape index (κ2) is 4.38. The van der Waals surface area contributed by atoms with Crippen LogP contribution in [0.2, 0.25) is 0 Å². The predicted octanol–water partition coefficient (Wildman–Crippen LogP) is 1.70. The molecule has 0 unspecified atom stereocenters. The number of carbonyl (C=O) groups excluding carboxylic acids is 1. The van der Waals surface area contributed by atoms with Crippen molar-refractivity contribution >= 4 is 5.91 Å². The first-order valence-corrected chi connectivity index (χ1v) is 4.99. The molecular formula is C11H17N3O. The molecule has 1 atom stereocenters. The molecule has 15 heavy (non-hydrogen) atoms. The summed E-state index contributed by atoms with van der Waals surface area (Å²) in [6.07, 6.45) is 3.34. The van der Waals surface area contributed by atoms with E-state index in [9.17, 15) is 4.79 Å². The smallest absolute Gasteiger partial charge is 0.225 e. The Morgan fingerprint density at radius 1 is 1.33 bits per heavy atom. The van der Waals surface area contributed by atoms with Crippen LogP contribution in [0.15, 0.2) is 18.5 Å². The lowest BCUT2D eigenvalue weighted by Gasteiger charge is -2.20. The third-order valence-electron chi connectivity index (χ3n) is 2.00. The van der Waals surface area contributed by atoms with E-state index in [4.69, 9.17) is 0 Å². The van der Waals surface area contributed by atoms with E-state index in [-0.39, 0.29) is 17.4 Å². The van der Waals surface area contributed by atoms with Crippen LogP contribution in [-0.4, -0.2) is 15.9 Å². The van der Waals surface area contributed by atoms with E-state index in [1.54, 1.807) is 18.5 Å². The zero-order valence-electron chi connectivity index (χ0n) is 9.61. The highest BCUT2D eigenvalue weighted by molar-refractivity contribution is 5.81. The number of hydrogen-bond acceptors (Lipinski definition) is 3. The van der Waals surface area contributed by atoms with Gasteiger partial charge in [0.2, 0.25) is 5.91 Å². The number of amides is 1. The highest BCUT2D eigenvalue weighted by Gasteiger charge is 2.23. The number of carbonyl (C=O) groups is 1. The Morgan fingerprint density at radius 2 is 1.87 bits per heavy atom. The van der Waals surface area contributed by atoms with Crippen LogP contribution in [0.4, 0.5) is 0 Å². The molecule has 1 heterocycles. The second-order valence-electron chi connectivity index (χ2n) is 4.55. The van der Waals surface area contributed by atoms with Crippen LogP contribution in [-0.2, 0) is 4.79 Å². The number of aromatic nitrogens is 2. The standard InChI is InChI=1S/C11H17N3O/c1-8(9-12-6-5-7-13-9)14-10(15)11(2,3)4/h5-8H,1-4H3,(H,14,15)/t8-/m1/s1. The Bertz CT molecular complexity index is 329. The molecule has 0 radical (unpaired) electrons. The molecule has 0 saturated carbocycles. The maximum absolute atomic E-state index is 11.7. The lowest BCUT2D eigenvalue weighted by Crippen LogP contribution is -2.36. The summed E-state index contributed by atoms with van der Waals surface area (Å²) >= 11 is 0. The molecule has 0 aromatic carbocycles. The van der Waals surface area contributed by atoms with Gasteiger partial charge in [-0.2, -0.15) is 0 Å². The predicted molar refractivity (Wildman–Crippen MR) is 58.0 cm³/mol. The highest BCUT2D eigenvalue weighted by atomic mass is 16.2. The molecule has 0 aliphatic rings. The molecule has 0 spiro atoms. The maximum atomic E-state index is 11.7. The lowest BCUT2D eigenvalue weighted by molar-refractivity contribution is -0.129. The molecule has 0 bridgehead atoms. The SMILES string of the molecule is C[C@@H](NC(=O)C(C)(C)C)c1ncccn1. The number of nitrogens with one attached hydrogen (secondary N) is 1. The Kier molecular flexibility index (Phi) is 3.39. The van der Waals surface area contributed by atoms with Crippen molar-refractivity contribution in [3.63, 3.8) is 0 Å². The van der Waals surface area contributed by atoms with E-state index >= 15 is 0 Å². The van der Waals surface area contributed by atoms with Crippen LogP contribution < -0.4 is 5.32 Å².